The number of fused-ring (bicyclic) bond motifs is 1. The van der Waals surface area contributed by atoms with Crippen molar-refractivity contribution >= 4 is 5.82 Å². The predicted octanol–water partition coefficient (Wildman–Crippen LogP) is 1.94. The molecule has 19 heavy (non-hydrogen) atoms. The second-order valence-corrected chi connectivity index (χ2v) is 5.57. The molecule has 0 saturated carbocycles. The quantitative estimate of drug-likeness (QED) is 0.770. The lowest BCUT2D eigenvalue weighted by atomic mass is 9.99. The molecule has 1 unspecified atom stereocenters. The fourth-order valence-corrected chi connectivity index (χ4v) is 3.27. The van der Waals surface area contributed by atoms with Gasteiger partial charge in [0.15, 0.2) is 0 Å². The van der Waals surface area contributed by atoms with Gasteiger partial charge >= 0.3 is 0 Å². The number of aromatic nitrogens is 1. The molecule has 1 atom stereocenters. The number of nitriles is 1. The van der Waals surface area contributed by atoms with Crippen LogP contribution in [0.3, 0.4) is 0 Å². The topological polar surface area (TPSA) is 43.2 Å². The normalized spacial score (nSPS) is 23.8. The van der Waals surface area contributed by atoms with Gasteiger partial charge in [-0.1, -0.05) is 6.42 Å². The SMILES string of the molecule is Cc1ccnc(N2CCN3CCCCC3C2)c1C#N. The highest BCUT2D eigenvalue weighted by Crippen LogP contribution is 2.26. The Hall–Kier alpha value is -1.60. The molecule has 1 aromatic heterocycles. The van der Waals surface area contributed by atoms with Gasteiger partial charge in [0.2, 0.25) is 0 Å². The van der Waals surface area contributed by atoms with E-state index in [0.717, 1.165) is 36.6 Å². The third kappa shape index (κ3) is 2.31. The molecule has 2 fully saturated rings. The van der Waals surface area contributed by atoms with Gasteiger partial charge < -0.3 is 4.90 Å². The largest absolute Gasteiger partial charge is 0.353 e. The first-order valence-corrected chi connectivity index (χ1v) is 7.14. The van der Waals surface area contributed by atoms with E-state index in [1.807, 2.05) is 19.2 Å². The molecule has 0 amide bonds. The summed E-state index contributed by atoms with van der Waals surface area (Å²) in [7, 11) is 0. The molecule has 0 aliphatic carbocycles. The van der Waals surface area contributed by atoms with E-state index in [1.165, 1.54) is 25.8 Å². The Morgan fingerprint density at radius 3 is 3.05 bits per heavy atom. The molecular formula is C15H20N4. The second kappa shape index (κ2) is 5.18. The molecule has 4 heteroatoms. The van der Waals surface area contributed by atoms with Crippen molar-refractivity contribution in [1.82, 2.24) is 9.88 Å². The maximum Gasteiger partial charge on any atom is 0.146 e. The van der Waals surface area contributed by atoms with Crippen LogP contribution in [-0.2, 0) is 0 Å². The molecular weight excluding hydrogens is 236 g/mol. The van der Waals surface area contributed by atoms with Gasteiger partial charge in [-0.2, -0.15) is 5.26 Å². The molecule has 2 aliphatic rings. The molecule has 2 saturated heterocycles. The molecule has 0 aromatic carbocycles. The van der Waals surface area contributed by atoms with Crippen molar-refractivity contribution in [2.45, 2.75) is 32.2 Å². The minimum absolute atomic E-state index is 0.649. The van der Waals surface area contributed by atoms with Crippen LogP contribution in [0.15, 0.2) is 12.3 Å². The number of hydrogen-bond acceptors (Lipinski definition) is 4. The molecule has 0 spiro atoms. The Morgan fingerprint density at radius 2 is 2.21 bits per heavy atom. The van der Waals surface area contributed by atoms with Crippen molar-refractivity contribution in [3.63, 3.8) is 0 Å². The molecule has 0 bridgehead atoms. The van der Waals surface area contributed by atoms with Crippen molar-refractivity contribution in [1.29, 1.82) is 5.26 Å². The number of piperazine rings is 1. The Kier molecular flexibility index (Phi) is 3.39. The Labute approximate surface area is 114 Å². The van der Waals surface area contributed by atoms with Crippen LogP contribution >= 0.6 is 0 Å². The van der Waals surface area contributed by atoms with Gasteiger partial charge in [-0.3, -0.25) is 4.90 Å². The number of pyridine rings is 1. The van der Waals surface area contributed by atoms with Crippen molar-refractivity contribution in [2.24, 2.45) is 0 Å². The summed E-state index contributed by atoms with van der Waals surface area (Å²) in [5.74, 6) is 0.882. The third-order valence-electron chi connectivity index (χ3n) is 4.39. The van der Waals surface area contributed by atoms with Gasteiger partial charge in [0.1, 0.15) is 11.9 Å². The average Bonchev–Trinajstić information content (AvgIpc) is 2.46. The minimum atomic E-state index is 0.649. The van der Waals surface area contributed by atoms with E-state index in [0.29, 0.717) is 6.04 Å². The monoisotopic (exact) mass is 256 g/mol. The number of anilines is 1. The molecule has 2 aliphatic heterocycles. The Bertz CT molecular complexity index is 505. The van der Waals surface area contributed by atoms with E-state index in [4.69, 9.17) is 0 Å². The number of rotatable bonds is 1. The summed E-state index contributed by atoms with van der Waals surface area (Å²) < 4.78 is 0. The lowest BCUT2D eigenvalue weighted by molar-refractivity contribution is 0.133. The summed E-state index contributed by atoms with van der Waals surface area (Å²) in [5.41, 5.74) is 1.77. The average molecular weight is 256 g/mol. The van der Waals surface area contributed by atoms with Crippen LogP contribution in [0.2, 0.25) is 0 Å². The highest BCUT2D eigenvalue weighted by Gasteiger charge is 2.30. The van der Waals surface area contributed by atoms with E-state index in [9.17, 15) is 5.26 Å². The molecule has 1 aromatic rings. The van der Waals surface area contributed by atoms with Crippen molar-refractivity contribution in [3.05, 3.63) is 23.4 Å². The maximum atomic E-state index is 9.34. The fourth-order valence-electron chi connectivity index (χ4n) is 3.27. The van der Waals surface area contributed by atoms with Crippen LogP contribution in [0.4, 0.5) is 5.82 Å². The third-order valence-corrected chi connectivity index (χ3v) is 4.39. The zero-order valence-corrected chi connectivity index (χ0v) is 11.5. The van der Waals surface area contributed by atoms with Gasteiger partial charge in [-0.25, -0.2) is 4.98 Å². The van der Waals surface area contributed by atoms with E-state index >= 15 is 0 Å². The van der Waals surface area contributed by atoms with Crippen molar-refractivity contribution < 1.29 is 0 Å². The fraction of sp³-hybridized carbons (Fsp3) is 0.600. The first-order chi connectivity index (χ1) is 9.29. The molecule has 0 N–H and O–H groups in total. The van der Waals surface area contributed by atoms with Gasteiger partial charge in [0.05, 0.1) is 5.56 Å². The summed E-state index contributed by atoms with van der Waals surface area (Å²) in [6.07, 6.45) is 5.77. The van der Waals surface area contributed by atoms with Crippen LogP contribution in [0, 0.1) is 18.3 Å². The van der Waals surface area contributed by atoms with Gasteiger partial charge in [0.25, 0.3) is 0 Å². The van der Waals surface area contributed by atoms with E-state index < -0.39 is 0 Å². The molecule has 0 radical (unpaired) electrons. The van der Waals surface area contributed by atoms with Gasteiger partial charge in [-0.15, -0.1) is 0 Å². The highest BCUT2D eigenvalue weighted by atomic mass is 15.3. The first kappa shape index (κ1) is 12.4. The molecule has 3 heterocycles. The number of aryl methyl sites for hydroxylation is 1. The van der Waals surface area contributed by atoms with Crippen LogP contribution in [0.1, 0.15) is 30.4 Å². The van der Waals surface area contributed by atoms with Gasteiger partial charge in [-0.05, 0) is 37.9 Å². The van der Waals surface area contributed by atoms with E-state index in [2.05, 4.69) is 20.9 Å². The Morgan fingerprint density at radius 1 is 1.32 bits per heavy atom. The summed E-state index contributed by atoms with van der Waals surface area (Å²) in [5, 5.41) is 9.34. The van der Waals surface area contributed by atoms with E-state index in [1.54, 1.807) is 0 Å². The summed E-state index contributed by atoms with van der Waals surface area (Å²) in [4.78, 5) is 9.36. The van der Waals surface area contributed by atoms with Crippen LogP contribution < -0.4 is 4.90 Å². The number of piperidine rings is 1. The molecule has 3 rings (SSSR count). The Balaban J connectivity index is 1.84. The summed E-state index contributed by atoms with van der Waals surface area (Å²) in [6.45, 7) is 6.34. The zero-order chi connectivity index (χ0) is 13.2. The molecule has 4 nitrogen and oxygen atoms in total. The highest BCUT2D eigenvalue weighted by molar-refractivity contribution is 5.57. The van der Waals surface area contributed by atoms with E-state index in [-0.39, 0.29) is 0 Å². The summed E-state index contributed by atoms with van der Waals surface area (Å²) in [6, 6.07) is 4.88. The smallest absolute Gasteiger partial charge is 0.146 e. The summed E-state index contributed by atoms with van der Waals surface area (Å²) >= 11 is 0. The van der Waals surface area contributed by atoms with Crippen LogP contribution in [-0.4, -0.2) is 42.1 Å². The lowest BCUT2D eigenvalue weighted by Crippen LogP contribution is -2.55. The zero-order valence-electron chi connectivity index (χ0n) is 11.5. The molecule has 100 valence electrons. The maximum absolute atomic E-state index is 9.34. The standard InChI is InChI=1S/C15H20N4/c1-12-5-6-17-15(14(12)10-16)19-9-8-18-7-3-2-4-13(18)11-19/h5-6,13H,2-4,7-9,11H2,1H3. The van der Waals surface area contributed by atoms with Gasteiger partial charge in [0, 0.05) is 31.9 Å². The first-order valence-electron chi connectivity index (χ1n) is 7.14. The van der Waals surface area contributed by atoms with Crippen molar-refractivity contribution in [2.75, 3.05) is 31.1 Å². The number of nitrogens with zero attached hydrogens (tertiary/aromatic N) is 4. The minimum Gasteiger partial charge on any atom is -0.353 e. The number of hydrogen-bond donors (Lipinski definition) is 0. The predicted molar refractivity (Wildman–Crippen MR) is 75.1 cm³/mol. The van der Waals surface area contributed by atoms with Crippen LogP contribution in [0.5, 0.6) is 0 Å². The van der Waals surface area contributed by atoms with Crippen molar-refractivity contribution in [3.8, 4) is 6.07 Å². The second-order valence-electron chi connectivity index (χ2n) is 5.57. The van der Waals surface area contributed by atoms with Crippen LogP contribution in [0.25, 0.3) is 0 Å². The lowest BCUT2D eigenvalue weighted by Gasteiger charge is -2.44.